The van der Waals surface area contributed by atoms with E-state index in [4.69, 9.17) is 41.9 Å². The molecule has 0 fully saturated rings. The van der Waals surface area contributed by atoms with Gasteiger partial charge < -0.3 is 41.9 Å². The normalized spacial score (nSPS) is 13.1. The summed E-state index contributed by atoms with van der Waals surface area (Å²) in [6, 6.07) is 18.4. The van der Waals surface area contributed by atoms with Crippen molar-refractivity contribution in [2.24, 2.45) is 22.9 Å². The van der Waals surface area contributed by atoms with Crippen LogP contribution in [0.15, 0.2) is 73.3 Å². The Hall–Kier alpha value is -7.52. The molecule has 84 heavy (non-hydrogen) atoms. The minimum atomic E-state index is -0.360. The van der Waals surface area contributed by atoms with Crippen LogP contribution in [-0.4, -0.2) is 86.2 Å². The maximum atomic E-state index is 7.25. The molecule has 0 saturated carbocycles. The van der Waals surface area contributed by atoms with E-state index in [-0.39, 0.29) is 48.1 Å². The van der Waals surface area contributed by atoms with Gasteiger partial charge in [-0.3, -0.25) is 14.0 Å². The molecule has 20 heteroatoms. The fourth-order valence-electron chi connectivity index (χ4n) is 11.0. The topological polar surface area (TPSA) is 264 Å². The number of ether oxygens (including phenoxy) is 4. The number of hydrogen-bond acceptors (Lipinski definition) is 16. The molecule has 20 nitrogen and oxygen atoms in total. The van der Waals surface area contributed by atoms with Crippen LogP contribution in [0.5, 0.6) is 23.0 Å². The maximum absolute atomic E-state index is 7.25. The first-order valence-corrected chi connectivity index (χ1v) is 29.4. The lowest BCUT2D eigenvalue weighted by molar-refractivity contribution is 0.289. The van der Waals surface area contributed by atoms with Gasteiger partial charge in [0.25, 0.3) is 0 Å². The summed E-state index contributed by atoms with van der Waals surface area (Å²) in [6.45, 7) is 31.9. The Labute approximate surface area is 494 Å². The Morgan fingerprint density at radius 3 is 1.04 bits per heavy atom. The molecule has 4 aromatic carbocycles. The van der Waals surface area contributed by atoms with Gasteiger partial charge in [0.1, 0.15) is 66.5 Å². The molecule has 0 atom stereocenters. The lowest BCUT2D eigenvalue weighted by atomic mass is 9.76. The highest BCUT2D eigenvalue weighted by Crippen LogP contribution is 2.45. The predicted molar refractivity (Wildman–Crippen MR) is 325 cm³/mol. The highest BCUT2D eigenvalue weighted by Gasteiger charge is 2.31. The van der Waals surface area contributed by atoms with E-state index in [1.54, 1.807) is 24.9 Å². The lowest BCUT2D eigenvalue weighted by Crippen LogP contribution is -2.20. The molecule has 9 rings (SSSR count). The molecule has 0 unspecified atom stereocenters. The molecule has 0 aliphatic heterocycles. The summed E-state index contributed by atoms with van der Waals surface area (Å²) in [4.78, 5) is 0. The van der Waals surface area contributed by atoms with Gasteiger partial charge >= 0.3 is 0 Å². The number of fused-ring (bicyclic) bond motifs is 8. The molecule has 1 aliphatic carbocycles. The van der Waals surface area contributed by atoms with Gasteiger partial charge in [0, 0.05) is 51.9 Å². The average Bonchev–Trinajstić information content (AvgIpc) is 2.56. The molecule has 1 aliphatic rings. The van der Waals surface area contributed by atoms with Crippen LogP contribution in [0.4, 0.5) is 0 Å². The number of benzene rings is 4. The molecular weight excluding hydrogens is 1060 g/mol. The van der Waals surface area contributed by atoms with Gasteiger partial charge in [-0.05, 0) is 101 Å². The van der Waals surface area contributed by atoms with Crippen LogP contribution in [0.2, 0.25) is 0 Å². The maximum Gasteiger partial charge on any atom is 0.134 e. The SMILES string of the molecule is CC(C)(C)c1cc2c(OCc3cn(CCN)nn3)c(c1)Cc1cc(C(C)(C)C)cc(c1OCc1cn(CCN)nn1)Cc1cc(OCc3cnnn3CCN)cc(c1C(C)(C)C)Cc1cc(C(C)(C)C)cc(c1OCc1cn(CCN)nn1)C2. The first-order chi connectivity index (χ1) is 39.9. The highest BCUT2D eigenvalue weighted by atomic mass is 16.5. The fraction of sp³-hybridized carbons (Fsp3) is 0.500. The smallest absolute Gasteiger partial charge is 0.134 e. The molecule has 4 aromatic heterocycles. The van der Waals surface area contributed by atoms with Crippen molar-refractivity contribution in [3.63, 3.8) is 0 Å². The third-order valence-corrected chi connectivity index (χ3v) is 15.2. The monoisotopic (exact) mass is 1140 g/mol. The van der Waals surface area contributed by atoms with Crippen molar-refractivity contribution >= 4 is 0 Å². The summed E-state index contributed by atoms with van der Waals surface area (Å²) in [5.74, 6) is 3.00. The quantitative estimate of drug-likeness (QED) is 0.0562. The molecule has 0 spiro atoms. The van der Waals surface area contributed by atoms with E-state index in [1.165, 1.54) is 16.7 Å². The highest BCUT2D eigenvalue weighted by molar-refractivity contribution is 5.60. The molecule has 8 bridgehead atoms. The minimum Gasteiger partial charge on any atom is -0.487 e. The Kier molecular flexibility index (Phi) is 18.4. The largest absolute Gasteiger partial charge is 0.487 e. The van der Waals surface area contributed by atoms with Crippen LogP contribution in [0.1, 0.15) is 173 Å². The molecule has 8 aromatic rings. The Balaban J connectivity index is 1.35. The zero-order chi connectivity index (χ0) is 60.1. The fourth-order valence-corrected chi connectivity index (χ4v) is 11.0. The van der Waals surface area contributed by atoms with Gasteiger partial charge in [-0.15, -0.1) is 20.4 Å². The summed E-state index contributed by atoms with van der Waals surface area (Å²) in [6.07, 6.45) is 9.38. The van der Waals surface area contributed by atoms with Gasteiger partial charge in [0.2, 0.25) is 0 Å². The Bertz CT molecular complexity index is 3380. The van der Waals surface area contributed by atoms with Gasteiger partial charge in [0.15, 0.2) is 0 Å². The third-order valence-electron chi connectivity index (χ3n) is 15.2. The van der Waals surface area contributed by atoms with Crippen LogP contribution in [0.25, 0.3) is 0 Å². The Morgan fingerprint density at radius 2 is 0.726 bits per heavy atom. The Morgan fingerprint density at radius 1 is 0.393 bits per heavy atom. The van der Waals surface area contributed by atoms with E-state index in [2.05, 4.69) is 173 Å². The molecule has 0 saturated heterocycles. The van der Waals surface area contributed by atoms with Crippen LogP contribution >= 0.6 is 0 Å². The second-order valence-corrected chi connectivity index (χ2v) is 26.4. The molecule has 0 radical (unpaired) electrons. The minimum absolute atomic E-state index is 0.171. The summed E-state index contributed by atoms with van der Waals surface area (Å²) in [5.41, 5.74) is 38.6. The van der Waals surface area contributed by atoms with Crippen molar-refractivity contribution in [2.75, 3.05) is 26.2 Å². The van der Waals surface area contributed by atoms with Crippen molar-refractivity contribution in [1.82, 2.24) is 60.0 Å². The number of rotatable bonds is 20. The van der Waals surface area contributed by atoms with E-state index in [9.17, 15) is 0 Å². The van der Waals surface area contributed by atoms with Crippen LogP contribution in [0, 0.1) is 0 Å². The van der Waals surface area contributed by atoms with Gasteiger partial charge in [-0.25, -0.2) is 4.68 Å². The zero-order valence-corrected chi connectivity index (χ0v) is 51.6. The van der Waals surface area contributed by atoms with Crippen molar-refractivity contribution in [2.45, 2.75) is 183 Å². The van der Waals surface area contributed by atoms with Crippen molar-refractivity contribution in [3.05, 3.63) is 163 Å². The van der Waals surface area contributed by atoms with Crippen molar-refractivity contribution in [1.29, 1.82) is 0 Å². The van der Waals surface area contributed by atoms with Crippen molar-refractivity contribution in [3.8, 4) is 23.0 Å². The summed E-state index contributed by atoms with van der Waals surface area (Å²) < 4.78 is 35.7. The third kappa shape index (κ3) is 14.7. The van der Waals surface area contributed by atoms with E-state index in [1.807, 2.05) is 18.6 Å². The van der Waals surface area contributed by atoms with E-state index >= 15 is 0 Å². The molecule has 8 N–H and O–H groups in total. The first kappa shape index (κ1) is 61.1. The molecule has 4 heterocycles. The van der Waals surface area contributed by atoms with E-state index < -0.39 is 0 Å². The molecular formula is C64H88N16O4. The zero-order valence-electron chi connectivity index (χ0n) is 51.6. The van der Waals surface area contributed by atoms with Crippen molar-refractivity contribution < 1.29 is 18.9 Å². The lowest BCUT2D eigenvalue weighted by Gasteiger charge is -2.31. The summed E-state index contributed by atoms with van der Waals surface area (Å²) >= 11 is 0. The standard InChI is InChI=1S/C64H88N16O4/c1-61(2,3)49-25-43-21-41-31-56(81-40-55-33-69-73-80(55)20-16-68)32-42(57(41)64(10,11)12)22-44-26-50(62(4,5)6)28-46(59(44)83-38-53-35-78(18-14-66)75-71-53)24-48-30-51(63(7,8)9)29-47(60(48)84-39-54-36-79(19-15-67)76-72-54)23-45(27-49)58(43)82-37-52-34-77(17-13-65)74-70-52/h25-36H,13-24,37-40,65-68H2,1-12H3. The van der Waals surface area contributed by atoms with Gasteiger partial charge in [0.05, 0.1) is 56.7 Å². The number of nitrogens with two attached hydrogens (primary N) is 4. The van der Waals surface area contributed by atoms with Crippen LogP contribution < -0.4 is 41.9 Å². The number of nitrogens with zero attached hydrogens (tertiary/aromatic N) is 12. The molecule has 0 amide bonds. The summed E-state index contributed by atoms with van der Waals surface area (Å²) in [5, 5.41) is 35.4. The second-order valence-electron chi connectivity index (χ2n) is 26.4. The van der Waals surface area contributed by atoms with Crippen LogP contribution in [-0.2, 0) is 99.9 Å². The molecule has 448 valence electrons. The van der Waals surface area contributed by atoms with E-state index in [0.717, 1.165) is 73.0 Å². The average molecular weight is 1150 g/mol. The first-order valence-electron chi connectivity index (χ1n) is 29.4. The van der Waals surface area contributed by atoms with Gasteiger partial charge in [-0.1, -0.05) is 140 Å². The summed E-state index contributed by atoms with van der Waals surface area (Å²) in [7, 11) is 0. The second kappa shape index (κ2) is 25.4. The van der Waals surface area contributed by atoms with Gasteiger partial charge in [-0.2, -0.15) is 0 Å². The van der Waals surface area contributed by atoms with Crippen LogP contribution in [0.3, 0.4) is 0 Å². The number of aromatic nitrogens is 12. The van der Waals surface area contributed by atoms with E-state index in [0.29, 0.717) is 101 Å². The predicted octanol–water partition coefficient (Wildman–Crippen LogP) is 8.07. The number of hydrogen-bond donors (Lipinski definition) is 4.